The summed E-state index contributed by atoms with van der Waals surface area (Å²) in [6.07, 6.45) is 0.938. The van der Waals surface area contributed by atoms with Crippen LogP contribution in [0.4, 0.5) is 4.79 Å². The molecule has 7 nitrogen and oxygen atoms in total. The number of carbonyl (C=O) groups excluding carboxylic acids is 1. The van der Waals surface area contributed by atoms with Gasteiger partial charge >= 0.3 is 12.0 Å². The number of hydrogen-bond acceptors (Lipinski definition) is 4. The maximum absolute atomic E-state index is 12.5. The molecule has 2 saturated heterocycles. The average Bonchev–Trinajstić information content (AvgIpc) is 2.96. The molecule has 0 saturated carbocycles. The van der Waals surface area contributed by atoms with Crippen LogP contribution in [0, 0.1) is 0 Å². The minimum atomic E-state index is -1.20. The van der Waals surface area contributed by atoms with Crippen LogP contribution in [-0.4, -0.2) is 89.8 Å². The molecule has 2 rings (SSSR count). The number of nitrogens with zero attached hydrogens (tertiary/aromatic N) is 3. The second-order valence-corrected chi connectivity index (χ2v) is 6.24. The Morgan fingerprint density at radius 1 is 1.24 bits per heavy atom. The number of aliphatic carboxylic acids is 1. The number of hydrogen-bond donors (Lipinski definition) is 1. The Labute approximate surface area is 125 Å². The zero-order valence-corrected chi connectivity index (χ0v) is 13.0. The Morgan fingerprint density at radius 2 is 1.86 bits per heavy atom. The first kappa shape index (κ1) is 16.0. The molecule has 2 aliphatic heterocycles. The van der Waals surface area contributed by atoms with E-state index in [0.717, 1.165) is 32.7 Å². The van der Waals surface area contributed by atoms with E-state index in [4.69, 9.17) is 4.74 Å². The van der Waals surface area contributed by atoms with Gasteiger partial charge in [-0.15, -0.1) is 0 Å². The van der Waals surface area contributed by atoms with Crippen molar-refractivity contribution in [3.8, 4) is 0 Å². The van der Waals surface area contributed by atoms with E-state index < -0.39 is 11.5 Å². The van der Waals surface area contributed by atoms with Gasteiger partial charge in [-0.1, -0.05) is 0 Å². The van der Waals surface area contributed by atoms with Gasteiger partial charge < -0.3 is 19.6 Å². The molecule has 0 bridgehead atoms. The van der Waals surface area contributed by atoms with Gasteiger partial charge in [-0.3, -0.25) is 4.90 Å². The summed E-state index contributed by atoms with van der Waals surface area (Å²) in [5.74, 6) is -0.998. The number of urea groups is 1. The third-order valence-electron chi connectivity index (χ3n) is 4.64. The predicted molar refractivity (Wildman–Crippen MR) is 77.2 cm³/mol. The van der Waals surface area contributed by atoms with Gasteiger partial charge in [0.2, 0.25) is 0 Å². The van der Waals surface area contributed by atoms with Crippen LogP contribution in [0.3, 0.4) is 0 Å². The predicted octanol–water partition coefficient (Wildman–Crippen LogP) is 0.308. The SMILES string of the molecule is CN(C(=O)N1CCC(N2CCOCC2)C1)C(C)(C)C(=O)O. The molecule has 0 aromatic heterocycles. The zero-order chi connectivity index (χ0) is 15.6. The van der Waals surface area contributed by atoms with Crippen molar-refractivity contribution < 1.29 is 19.4 Å². The lowest BCUT2D eigenvalue weighted by atomic mass is 10.0. The summed E-state index contributed by atoms with van der Waals surface area (Å²) < 4.78 is 5.35. The van der Waals surface area contributed by atoms with Crippen molar-refractivity contribution in [2.75, 3.05) is 46.4 Å². The number of likely N-dealkylation sites (tertiary alicyclic amines) is 1. The second-order valence-electron chi connectivity index (χ2n) is 6.24. The van der Waals surface area contributed by atoms with Crippen molar-refractivity contribution in [1.82, 2.24) is 14.7 Å². The number of rotatable bonds is 3. The fourth-order valence-electron chi connectivity index (χ4n) is 2.75. The van der Waals surface area contributed by atoms with Crippen LogP contribution in [0.25, 0.3) is 0 Å². The van der Waals surface area contributed by atoms with Crippen LogP contribution in [0.5, 0.6) is 0 Å². The number of carboxylic acid groups (broad SMARTS) is 1. The smallest absolute Gasteiger partial charge is 0.329 e. The molecule has 2 aliphatic rings. The van der Waals surface area contributed by atoms with Gasteiger partial charge in [0, 0.05) is 39.3 Å². The van der Waals surface area contributed by atoms with Gasteiger partial charge in [0.15, 0.2) is 0 Å². The lowest BCUT2D eigenvalue weighted by molar-refractivity contribution is -0.147. The second kappa shape index (κ2) is 6.19. The molecule has 0 aromatic carbocycles. The van der Waals surface area contributed by atoms with E-state index in [1.807, 2.05) is 0 Å². The van der Waals surface area contributed by atoms with Crippen molar-refractivity contribution in [1.29, 1.82) is 0 Å². The van der Waals surface area contributed by atoms with Crippen molar-refractivity contribution in [2.24, 2.45) is 0 Å². The van der Waals surface area contributed by atoms with Crippen LogP contribution < -0.4 is 0 Å². The third-order valence-corrected chi connectivity index (χ3v) is 4.64. The number of morpholine rings is 1. The summed E-state index contributed by atoms with van der Waals surface area (Å²) in [5, 5.41) is 9.22. The van der Waals surface area contributed by atoms with Gasteiger partial charge in [0.25, 0.3) is 0 Å². The molecule has 2 fully saturated rings. The number of amides is 2. The van der Waals surface area contributed by atoms with Crippen molar-refractivity contribution in [3.05, 3.63) is 0 Å². The van der Waals surface area contributed by atoms with Crippen LogP contribution in [0.2, 0.25) is 0 Å². The summed E-state index contributed by atoms with van der Waals surface area (Å²) in [7, 11) is 1.55. The normalized spacial score (nSPS) is 24.1. The molecule has 120 valence electrons. The van der Waals surface area contributed by atoms with Crippen molar-refractivity contribution in [3.63, 3.8) is 0 Å². The molecule has 0 spiro atoms. The Bertz CT molecular complexity index is 407. The largest absolute Gasteiger partial charge is 0.480 e. The Kier molecular flexibility index (Phi) is 4.73. The fraction of sp³-hybridized carbons (Fsp3) is 0.857. The van der Waals surface area contributed by atoms with Crippen LogP contribution in [0.15, 0.2) is 0 Å². The maximum Gasteiger partial charge on any atom is 0.329 e. The molecule has 0 aromatic rings. The Hall–Kier alpha value is -1.34. The molecule has 21 heavy (non-hydrogen) atoms. The average molecular weight is 299 g/mol. The highest BCUT2D eigenvalue weighted by atomic mass is 16.5. The van der Waals surface area contributed by atoms with Crippen LogP contribution in [0.1, 0.15) is 20.3 Å². The van der Waals surface area contributed by atoms with Gasteiger partial charge in [0.05, 0.1) is 13.2 Å². The summed E-state index contributed by atoms with van der Waals surface area (Å²) in [6.45, 7) is 7.74. The molecular weight excluding hydrogens is 274 g/mol. The van der Waals surface area contributed by atoms with E-state index >= 15 is 0 Å². The van der Waals surface area contributed by atoms with Crippen LogP contribution >= 0.6 is 0 Å². The first-order chi connectivity index (χ1) is 9.84. The first-order valence-electron chi connectivity index (χ1n) is 7.42. The van der Waals surface area contributed by atoms with Gasteiger partial charge in [-0.25, -0.2) is 9.59 Å². The number of ether oxygens (including phenoxy) is 1. The Balaban J connectivity index is 1.94. The quantitative estimate of drug-likeness (QED) is 0.812. The van der Waals surface area contributed by atoms with Crippen molar-refractivity contribution >= 4 is 12.0 Å². The van der Waals surface area contributed by atoms with Gasteiger partial charge in [-0.2, -0.15) is 0 Å². The van der Waals surface area contributed by atoms with E-state index in [9.17, 15) is 14.7 Å². The van der Waals surface area contributed by atoms with E-state index in [1.165, 1.54) is 4.90 Å². The zero-order valence-electron chi connectivity index (χ0n) is 13.0. The topological polar surface area (TPSA) is 73.3 Å². The summed E-state index contributed by atoms with van der Waals surface area (Å²) >= 11 is 0. The van der Waals surface area contributed by atoms with Crippen molar-refractivity contribution in [2.45, 2.75) is 31.8 Å². The highest BCUT2D eigenvalue weighted by molar-refractivity contribution is 5.85. The molecule has 1 atom stereocenters. The first-order valence-corrected chi connectivity index (χ1v) is 7.42. The summed E-state index contributed by atoms with van der Waals surface area (Å²) in [4.78, 5) is 29.2. The highest BCUT2D eigenvalue weighted by Gasteiger charge is 2.39. The summed E-state index contributed by atoms with van der Waals surface area (Å²) in [5.41, 5.74) is -1.20. The maximum atomic E-state index is 12.5. The number of carbonyl (C=O) groups is 2. The lowest BCUT2D eigenvalue weighted by Gasteiger charge is -2.35. The molecule has 7 heteroatoms. The minimum absolute atomic E-state index is 0.210. The molecule has 0 radical (unpaired) electrons. The van der Waals surface area contributed by atoms with E-state index in [-0.39, 0.29) is 6.03 Å². The van der Waals surface area contributed by atoms with E-state index in [1.54, 1.807) is 25.8 Å². The fourth-order valence-corrected chi connectivity index (χ4v) is 2.75. The Morgan fingerprint density at radius 3 is 2.43 bits per heavy atom. The van der Waals surface area contributed by atoms with Crippen LogP contribution in [-0.2, 0) is 9.53 Å². The molecule has 1 unspecified atom stereocenters. The summed E-state index contributed by atoms with van der Waals surface area (Å²) in [6, 6.07) is 0.150. The molecular formula is C14H25N3O4. The molecule has 2 heterocycles. The minimum Gasteiger partial charge on any atom is -0.480 e. The molecule has 2 amide bonds. The third kappa shape index (κ3) is 3.29. The van der Waals surface area contributed by atoms with Gasteiger partial charge in [0.1, 0.15) is 5.54 Å². The highest BCUT2D eigenvalue weighted by Crippen LogP contribution is 2.21. The molecule has 1 N–H and O–H groups in total. The monoisotopic (exact) mass is 299 g/mol. The lowest BCUT2D eigenvalue weighted by Crippen LogP contribution is -2.55. The number of likely N-dealkylation sites (N-methyl/N-ethyl adjacent to an activating group) is 1. The van der Waals surface area contributed by atoms with Gasteiger partial charge in [-0.05, 0) is 20.3 Å². The standard InChI is InChI=1S/C14H25N3O4/c1-14(2,12(18)19)15(3)13(20)17-5-4-11(10-17)16-6-8-21-9-7-16/h11H,4-10H2,1-3H3,(H,18,19). The number of carboxylic acids is 1. The van der Waals surface area contributed by atoms with E-state index in [2.05, 4.69) is 4.90 Å². The van der Waals surface area contributed by atoms with E-state index in [0.29, 0.717) is 19.1 Å². The molecule has 0 aliphatic carbocycles.